The smallest absolute Gasteiger partial charge is 0.0366 e. The summed E-state index contributed by atoms with van der Waals surface area (Å²) in [6.07, 6.45) is 2.66. The normalized spacial score (nSPS) is 25.5. The van der Waals surface area contributed by atoms with Crippen molar-refractivity contribution in [2.45, 2.75) is 39.7 Å². The second-order valence-corrected chi connectivity index (χ2v) is 6.43. The third kappa shape index (κ3) is 3.11. The highest BCUT2D eigenvalue weighted by Gasteiger charge is 2.41. The molecule has 1 aromatic carbocycles. The van der Waals surface area contributed by atoms with E-state index in [1.54, 1.807) is 0 Å². The Hall–Kier alpha value is -1.02. The summed E-state index contributed by atoms with van der Waals surface area (Å²) in [4.78, 5) is 2.51. The van der Waals surface area contributed by atoms with E-state index < -0.39 is 0 Å². The minimum absolute atomic E-state index is 0.426. The van der Waals surface area contributed by atoms with E-state index in [2.05, 4.69) is 68.4 Å². The van der Waals surface area contributed by atoms with E-state index in [-0.39, 0.29) is 0 Å². The van der Waals surface area contributed by atoms with Gasteiger partial charge in [-0.05, 0) is 50.3 Å². The molecule has 0 spiro atoms. The molecule has 2 nitrogen and oxygen atoms in total. The summed E-state index contributed by atoms with van der Waals surface area (Å²) in [5.74, 6) is 0.750. The van der Waals surface area contributed by atoms with Gasteiger partial charge in [-0.25, -0.2) is 0 Å². The number of benzene rings is 1. The van der Waals surface area contributed by atoms with Gasteiger partial charge in [-0.15, -0.1) is 0 Å². The molecule has 0 aliphatic heterocycles. The summed E-state index contributed by atoms with van der Waals surface area (Å²) < 4.78 is 0. The van der Waals surface area contributed by atoms with Gasteiger partial charge in [-0.1, -0.05) is 32.0 Å². The Bertz CT molecular complexity index is 386. The quantitative estimate of drug-likeness (QED) is 0.871. The monoisotopic (exact) mass is 260 g/mol. The van der Waals surface area contributed by atoms with Gasteiger partial charge in [0.25, 0.3) is 0 Å². The second-order valence-electron chi connectivity index (χ2n) is 6.43. The zero-order chi connectivity index (χ0) is 13.9. The number of hydrogen-bond donors (Lipinski definition) is 1. The fourth-order valence-electron chi connectivity index (χ4n) is 3.68. The topological polar surface area (TPSA) is 15.3 Å². The van der Waals surface area contributed by atoms with E-state index >= 15 is 0 Å². The molecule has 2 rings (SSSR count). The van der Waals surface area contributed by atoms with Gasteiger partial charge in [0.1, 0.15) is 0 Å². The lowest BCUT2D eigenvalue weighted by atomic mass is 9.85. The molecule has 1 aromatic rings. The van der Waals surface area contributed by atoms with Crippen LogP contribution >= 0.6 is 0 Å². The first kappa shape index (κ1) is 14.4. The lowest BCUT2D eigenvalue weighted by Gasteiger charge is -2.34. The minimum Gasteiger partial charge on any atom is -0.371 e. The highest BCUT2D eigenvalue weighted by molar-refractivity contribution is 5.45. The molecule has 1 aliphatic carbocycles. The maximum Gasteiger partial charge on any atom is 0.0366 e. The summed E-state index contributed by atoms with van der Waals surface area (Å²) in [7, 11) is 2.11. The zero-order valence-electron chi connectivity index (χ0n) is 12.8. The Morgan fingerprint density at radius 2 is 1.95 bits per heavy atom. The molecule has 0 aromatic heterocycles. The third-order valence-electron chi connectivity index (χ3n) is 4.74. The van der Waals surface area contributed by atoms with Gasteiger partial charge in [0, 0.05) is 24.8 Å². The Labute approximate surface area is 118 Å². The second kappa shape index (κ2) is 5.96. The maximum absolute atomic E-state index is 3.56. The summed E-state index contributed by atoms with van der Waals surface area (Å²) >= 11 is 0. The predicted octanol–water partition coefficient (Wildman–Crippen LogP) is 3.54. The van der Waals surface area contributed by atoms with E-state index in [0.29, 0.717) is 11.5 Å². The van der Waals surface area contributed by atoms with Crippen molar-refractivity contribution >= 4 is 5.69 Å². The molecule has 0 heterocycles. The molecule has 106 valence electrons. The standard InChI is InChI=1S/C17H28N2/c1-5-19(15-9-7-6-8-10-15)13-14-11-12-17(2,3)16(14)18-4/h6-10,14,16,18H,5,11-13H2,1-4H3. The first-order chi connectivity index (χ1) is 9.08. The number of hydrogen-bond acceptors (Lipinski definition) is 2. The van der Waals surface area contributed by atoms with Crippen LogP contribution in [0.25, 0.3) is 0 Å². The van der Waals surface area contributed by atoms with Gasteiger partial charge in [0.2, 0.25) is 0 Å². The molecule has 2 unspecified atom stereocenters. The van der Waals surface area contributed by atoms with E-state index in [9.17, 15) is 0 Å². The van der Waals surface area contributed by atoms with E-state index in [0.717, 1.165) is 19.0 Å². The Balaban J connectivity index is 2.07. The molecule has 1 saturated carbocycles. The van der Waals surface area contributed by atoms with Crippen LogP contribution in [-0.2, 0) is 0 Å². The molecule has 0 bridgehead atoms. The summed E-state index contributed by atoms with van der Waals surface area (Å²) in [5.41, 5.74) is 1.78. The lowest BCUT2D eigenvalue weighted by molar-refractivity contribution is 0.262. The molecule has 2 heteroatoms. The molecule has 0 saturated heterocycles. The van der Waals surface area contributed by atoms with Crippen LogP contribution in [0, 0.1) is 11.3 Å². The van der Waals surface area contributed by atoms with Gasteiger partial charge < -0.3 is 10.2 Å². The van der Waals surface area contributed by atoms with Crippen LogP contribution in [0.4, 0.5) is 5.69 Å². The van der Waals surface area contributed by atoms with E-state index in [4.69, 9.17) is 0 Å². The van der Waals surface area contributed by atoms with E-state index in [1.165, 1.54) is 18.5 Å². The number of para-hydroxylation sites is 1. The molecule has 1 fully saturated rings. The van der Waals surface area contributed by atoms with Gasteiger partial charge in [-0.3, -0.25) is 0 Å². The van der Waals surface area contributed by atoms with Crippen LogP contribution in [0.3, 0.4) is 0 Å². The van der Waals surface area contributed by atoms with Crippen molar-refractivity contribution in [2.24, 2.45) is 11.3 Å². The molecule has 1 N–H and O–H groups in total. The van der Waals surface area contributed by atoms with E-state index in [1.807, 2.05) is 0 Å². The van der Waals surface area contributed by atoms with Gasteiger partial charge in [-0.2, -0.15) is 0 Å². The van der Waals surface area contributed by atoms with Crippen molar-refractivity contribution in [3.8, 4) is 0 Å². The lowest BCUT2D eigenvalue weighted by Crippen LogP contribution is -2.44. The largest absolute Gasteiger partial charge is 0.371 e. The predicted molar refractivity (Wildman–Crippen MR) is 83.7 cm³/mol. The summed E-state index contributed by atoms with van der Waals surface area (Å²) in [6, 6.07) is 11.4. The van der Waals surface area contributed by atoms with Crippen LogP contribution in [0.15, 0.2) is 30.3 Å². The van der Waals surface area contributed by atoms with Gasteiger partial charge >= 0.3 is 0 Å². The number of nitrogens with one attached hydrogen (secondary N) is 1. The SMILES string of the molecule is CCN(CC1CCC(C)(C)C1NC)c1ccccc1. The fourth-order valence-corrected chi connectivity index (χ4v) is 3.68. The molecule has 0 radical (unpaired) electrons. The first-order valence-electron chi connectivity index (χ1n) is 7.55. The van der Waals surface area contributed by atoms with Crippen molar-refractivity contribution in [1.29, 1.82) is 0 Å². The van der Waals surface area contributed by atoms with Crippen molar-refractivity contribution in [1.82, 2.24) is 5.32 Å². The number of anilines is 1. The maximum atomic E-state index is 3.56. The molecule has 1 aliphatic rings. The molecule has 2 atom stereocenters. The van der Waals surface area contributed by atoms with Crippen molar-refractivity contribution < 1.29 is 0 Å². The zero-order valence-corrected chi connectivity index (χ0v) is 12.8. The number of nitrogens with zero attached hydrogens (tertiary/aromatic N) is 1. The minimum atomic E-state index is 0.426. The fraction of sp³-hybridized carbons (Fsp3) is 0.647. The van der Waals surface area contributed by atoms with Gasteiger partial charge in [0.15, 0.2) is 0 Å². The average Bonchev–Trinajstić information content (AvgIpc) is 2.71. The first-order valence-corrected chi connectivity index (χ1v) is 7.55. The van der Waals surface area contributed by atoms with Crippen LogP contribution in [-0.4, -0.2) is 26.2 Å². The summed E-state index contributed by atoms with van der Waals surface area (Å²) in [5, 5.41) is 3.56. The van der Waals surface area contributed by atoms with Crippen LogP contribution < -0.4 is 10.2 Å². The molecule has 19 heavy (non-hydrogen) atoms. The van der Waals surface area contributed by atoms with Crippen LogP contribution in [0.2, 0.25) is 0 Å². The average molecular weight is 260 g/mol. The Morgan fingerprint density at radius 3 is 2.53 bits per heavy atom. The summed E-state index contributed by atoms with van der Waals surface area (Å²) in [6.45, 7) is 9.29. The third-order valence-corrected chi connectivity index (χ3v) is 4.74. The highest BCUT2D eigenvalue weighted by atomic mass is 15.1. The van der Waals surface area contributed by atoms with Crippen LogP contribution in [0.1, 0.15) is 33.6 Å². The Morgan fingerprint density at radius 1 is 1.26 bits per heavy atom. The Kier molecular flexibility index (Phi) is 4.51. The van der Waals surface area contributed by atoms with Crippen molar-refractivity contribution in [2.75, 3.05) is 25.0 Å². The highest BCUT2D eigenvalue weighted by Crippen LogP contribution is 2.41. The van der Waals surface area contributed by atoms with Crippen molar-refractivity contribution in [3.05, 3.63) is 30.3 Å². The van der Waals surface area contributed by atoms with Crippen LogP contribution in [0.5, 0.6) is 0 Å². The van der Waals surface area contributed by atoms with Crippen molar-refractivity contribution in [3.63, 3.8) is 0 Å². The number of rotatable bonds is 5. The molecular formula is C17H28N2. The molecule has 0 amide bonds. The van der Waals surface area contributed by atoms with Gasteiger partial charge in [0.05, 0.1) is 0 Å². The molecular weight excluding hydrogens is 232 g/mol.